The molecule has 3 nitrogen and oxygen atoms in total. The van der Waals surface area contributed by atoms with Gasteiger partial charge in [0.05, 0.1) is 5.39 Å². The largest absolute Gasteiger partial charge is 0.383 e. The molecule has 0 spiro atoms. The molecule has 0 aliphatic rings. The summed E-state index contributed by atoms with van der Waals surface area (Å²) >= 11 is 4.80. The molecule has 2 aromatic heterocycles. The molecule has 6 heteroatoms. The van der Waals surface area contributed by atoms with Crippen LogP contribution in [0.3, 0.4) is 0 Å². The van der Waals surface area contributed by atoms with Crippen LogP contribution in [0.1, 0.15) is 0 Å². The molecule has 0 unspecified atom stereocenters. The van der Waals surface area contributed by atoms with Crippen molar-refractivity contribution in [2.75, 3.05) is 5.73 Å². The van der Waals surface area contributed by atoms with E-state index < -0.39 is 0 Å². The molecule has 0 saturated carbocycles. The van der Waals surface area contributed by atoms with Gasteiger partial charge >= 0.3 is 0 Å². The summed E-state index contributed by atoms with van der Waals surface area (Å²) in [5.74, 6) is 0.623. The Hall–Kier alpha value is -1.53. The minimum absolute atomic E-state index is 0.309. The van der Waals surface area contributed by atoms with Crippen LogP contribution < -0.4 is 5.73 Å². The summed E-state index contributed by atoms with van der Waals surface area (Å²) in [6, 6.07) is 6.28. The summed E-state index contributed by atoms with van der Waals surface area (Å²) in [5.41, 5.74) is 6.61. The normalized spacial score (nSPS) is 11.0. The lowest BCUT2D eigenvalue weighted by Crippen LogP contribution is -1.96. The van der Waals surface area contributed by atoms with Gasteiger partial charge in [0, 0.05) is 10.0 Å². The molecule has 0 bridgehead atoms. The second-order valence-electron chi connectivity index (χ2n) is 3.70. The fraction of sp³-hybridized carbons (Fsp3) is 0. The Morgan fingerprint density at radius 1 is 1.22 bits per heavy atom. The number of aromatic nitrogens is 2. The molecule has 0 fully saturated rings. The summed E-state index contributed by atoms with van der Waals surface area (Å²) in [4.78, 5) is 9.51. The van der Waals surface area contributed by atoms with E-state index in [4.69, 9.17) is 5.73 Å². The van der Waals surface area contributed by atoms with Crippen LogP contribution in [0.2, 0.25) is 0 Å². The maximum Gasteiger partial charge on any atom is 0.164 e. The van der Waals surface area contributed by atoms with Gasteiger partial charge in [-0.25, -0.2) is 14.4 Å². The molecular weight excluding hydrogens is 317 g/mol. The third kappa shape index (κ3) is 1.87. The van der Waals surface area contributed by atoms with Crippen LogP contribution in [0.5, 0.6) is 0 Å². The number of nitrogen functional groups attached to an aromatic ring is 1. The zero-order valence-corrected chi connectivity index (χ0v) is 11.4. The highest BCUT2D eigenvalue weighted by Crippen LogP contribution is 2.30. The van der Waals surface area contributed by atoms with Crippen molar-refractivity contribution in [3.63, 3.8) is 0 Å². The molecule has 0 radical (unpaired) electrons. The average molecular weight is 324 g/mol. The van der Waals surface area contributed by atoms with Gasteiger partial charge in [0.25, 0.3) is 0 Å². The molecule has 18 heavy (non-hydrogen) atoms. The van der Waals surface area contributed by atoms with Gasteiger partial charge in [0.1, 0.15) is 16.5 Å². The SMILES string of the molecule is Nc1nc(-c2ccc(F)cc2Br)nc2sccc12. The number of thiophene rings is 1. The number of halogens is 2. The lowest BCUT2D eigenvalue weighted by molar-refractivity contribution is 0.627. The molecule has 0 saturated heterocycles. The van der Waals surface area contributed by atoms with Gasteiger partial charge in [-0.1, -0.05) is 0 Å². The van der Waals surface area contributed by atoms with Gasteiger partial charge in [-0.3, -0.25) is 0 Å². The highest BCUT2D eigenvalue weighted by Gasteiger charge is 2.11. The van der Waals surface area contributed by atoms with E-state index in [1.165, 1.54) is 23.5 Å². The molecule has 0 aliphatic heterocycles. The monoisotopic (exact) mass is 323 g/mol. The Balaban J connectivity index is 2.24. The number of hydrogen-bond donors (Lipinski definition) is 1. The second kappa shape index (κ2) is 4.29. The molecule has 0 amide bonds. The summed E-state index contributed by atoms with van der Waals surface area (Å²) in [7, 11) is 0. The van der Waals surface area contributed by atoms with Crippen molar-refractivity contribution in [2.45, 2.75) is 0 Å². The van der Waals surface area contributed by atoms with Crippen LogP contribution in [-0.2, 0) is 0 Å². The number of anilines is 1. The minimum atomic E-state index is -0.309. The first-order valence-electron chi connectivity index (χ1n) is 5.11. The number of hydrogen-bond acceptors (Lipinski definition) is 4. The third-order valence-corrected chi connectivity index (χ3v) is 3.99. The predicted octanol–water partition coefficient (Wildman–Crippen LogP) is 3.84. The Bertz CT molecular complexity index is 741. The van der Waals surface area contributed by atoms with Gasteiger partial charge in [-0.05, 0) is 45.6 Å². The van der Waals surface area contributed by atoms with Crippen molar-refractivity contribution in [3.8, 4) is 11.4 Å². The topological polar surface area (TPSA) is 51.8 Å². The van der Waals surface area contributed by atoms with E-state index in [0.29, 0.717) is 16.1 Å². The molecule has 2 heterocycles. The van der Waals surface area contributed by atoms with Crippen LogP contribution in [0.15, 0.2) is 34.1 Å². The van der Waals surface area contributed by atoms with Crippen LogP contribution in [-0.4, -0.2) is 9.97 Å². The Morgan fingerprint density at radius 3 is 2.83 bits per heavy atom. The van der Waals surface area contributed by atoms with Gasteiger partial charge in [-0.15, -0.1) is 11.3 Å². The summed E-state index contributed by atoms with van der Waals surface area (Å²) in [6.45, 7) is 0. The first-order chi connectivity index (χ1) is 8.65. The first kappa shape index (κ1) is 11.6. The van der Waals surface area contributed by atoms with Crippen LogP contribution in [0.25, 0.3) is 21.6 Å². The Kier molecular flexibility index (Phi) is 2.76. The van der Waals surface area contributed by atoms with Crippen molar-refractivity contribution in [1.82, 2.24) is 9.97 Å². The lowest BCUT2D eigenvalue weighted by atomic mass is 10.2. The minimum Gasteiger partial charge on any atom is -0.383 e. The maximum absolute atomic E-state index is 13.1. The fourth-order valence-corrected chi connectivity index (χ4v) is 2.97. The smallest absolute Gasteiger partial charge is 0.164 e. The van der Waals surface area contributed by atoms with E-state index in [1.807, 2.05) is 11.4 Å². The number of nitrogens with zero attached hydrogens (tertiary/aromatic N) is 2. The Labute approximate surface area is 115 Å². The molecule has 0 atom stereocenters. The highest BCUT2D eigenvalue weighted by atomic mass is 79.9. The van der Waals surface area contributed by atoms with Crippen LogP contribution >= 0.6 is 27.3 Å². The van der Waals surface area contributed by atoms with E-state index in [1.54, 1.807) is 6.07 Å². The van der Waals surface area contributed by atoms with Crippen molar-refractivity contribution in [3.05, 3.63) is 39.9 Å². The third-order valence-electron chi connectivity index (χ3n) is 2.53. The zero-order chi connectivity index (χ0) is 12.7. The van der Waals surface area contributed by atoms with Crippen molar-refractivity contribution in [2.24, 2.45) is 0 Å². The van der Waals surface area contributed by atoms with Gasteiger partial charge in [-0.2, -0.15) is 0 Å². The standard InChI is InChI=1S/C12H7BrFN3S/c13-9-5-6(14)1-2-7(9)11-16-10(15)8-3-4-18-12(8)17-11/h1-5H,(H2,15,16,17). The van der Waals surface area contributed by atoms with E-state index >= 15 is 0 Å². The second-order valence-corrected chi connectivity index (χ2v) is 5.44. The molecule has 2 N–H and O–H groups in total. The van der Waals surface area contributed by atoms with E-state index in [2.05, 4.69) is 25.9 Å². The van der Waals surface area contributed by atoms with E-state index in [-0.39, 0.29) is 5.82 Å². The van der Waals surface area contributed by atoms with Gasteiger partial charge < -0.3 is 5.73 Å². The van der Waals surface area contributed by atoms with Crippen molar-refractivity contribution < 1.29 is 4.39 Å². The molecular formula is C12H7BrFN3S. The van der Waals surface area contributed by atoms with E-state index in [9.17, 15) is 4.39 Å². The fourth-order valence-electron chi connectivity index (χ4n) is 1.67. The number of fused-ring (bicyclic) bond motifs is 1. The predicted molar refractivity (Wildman–Crippen MR) is 74.9 cm³/mol. The number of nitrogens with two attached hydrogens (primary N) is 1. The van der Waals surface area contributed by atoms with E-state index in [0.717, 1.165) is 15.8 Å². The first-order valence-corrected chi connectivity index (χ1v) is 6.78. The maximum atomic E-state index is 13.1. The molecule has 0 aliphatic carbocycles. The molecule has 3 aromatic rings. The Morgan fingerprint density at radius 2 is 2.06 bits per heavy atom. The highest BCUT2D eigenvalue weighted by molar-refractivity contribution is 9.10. The quantitative estimate of drug-likeness (QED) is 0.740. The van der Waals surface area contributed by atoms with Crippen LogP contribution in [0, 0.1) is 5.82 Å². The van der Waals surface area contributed by atoms with Crippen molar-refractivity contribution >= 4 is 43.3 Å². The average Bonchev–Trinajstić information content (AvgIpc) is 2.77. The zero-order valence-electron chi connectivity index (χ0n) is 9.02. The molecule has 3 rings (SSSR count). The lowest BCUT2D eigenvalue weighted by Gasteiger charge is -2.05. The van der Waals surface area contributed by atoms with Gasteiger partial charge in [0.15, 0.2) is 5.82 Å². The number of rotatable bonds is 1. The summed E-state index contributed by atoms with van der Waals surface area (Å²) in [6.07, 6.45) is 0. The molecule has 90 valence electrons. The van der Waals surface area contributed by atoms with Gasteiger partial charge in [0.2, 0.25) is 0 Å². The van der Waals surface area contributed by atoms with Crippen LogP contribution in [0.4, 0.5) is 10.2 Å². The number of benzene rings is 1. The summed E-state index contributed by atoms with van der Waals surface area (Å²) < 4.78 is 13.7. The summed E-state index contributed by atoms with van der Waals surface area (Å²) in [5, 5.41) is 2.76. The molecule has 1 aromatic carbocycles. The van der Waals surface area contributed by atoms with Crippen molar-refractivity contribution in [1.29, 1.82) is 0 Å².